The van der Waals surface area contributed by atoms with Crippen LogP contribution in [0.2, 0.25) is 0 Å². The first kappa shape index (κ1) is 17.2. The van der Waals surface area contributed by atoms with Crippen molar-refractivity contribution in [3.05, 3.63) is 34.9 Å². The highest BCUT2D eigenvalue weighted by atomic mass is 16.5. The number of carbonyl (C=O) groups is 1. The van der Waals surface area contributed by atoms with E-state index in [9.17, 15) is 4.79 Å². The van der Waals surface area contributed by atoms with Crippen molar-refractivity contribution >= 4 is 5.91 Å². The lowest BCUT2D eigenvalue weighted by Gasteiger charge is -2.09. The van der Waals surface area contributed by atoms with E-state index in [1.807, 2.05) is 19.1 Å². The van der Waals surface area contributed by atoms with Crippen molar-refractivity contribution in [2.45, 2.75) is 20.8 Å². The van der Waals surface area contributed by atoms with Crippen LogP contribution in [0, 0.1) is 24.7 Å². The molecule has 1 aromatic carbocycles. The third-order valence-electron chi connectivity index (χ3n) is 2.80. The summed E-state index contributed by atoms with van der Waals surface area (Å²) in [6, 6.07) is 5.46. The first-order valence-electron chi connectivity index (χ1n) is 7.20. The van der Waals surface area contributed by atoms with Crippen LogP contribution in [-0.4, -0.2) is 32.2 Å². The Kier molecular flexibility index (Phi) is 7.52. The van der Waals surface area contributed by atoms with Crippen molar-refractivity contribution in [1.29, 1.82) is 0 Å². The minimum atomic E-state index is -0.0930. The summed E-state index contributed by atoms with van der Waals surface area (Å²) < 4.78 is 5.42. The molecule has 1 amide bonds. The molecule has 0 aliphatic rings. The smallest absolute Gasteiger partial charge is 0.251 e. The summed E-state index contributed by atoms with van der Waals surface area (Å²) in [5, 5.41) is 2.84. The highest BCUT2D eigenvalue weighted by Gasteiger charge is 2.06. The topological polar surface area (TPSA) is 64.3 Å². The van der Waals surface area contributed by atoms with Crippen LogP contribution in [0.25, 0.3) is 0 Å². The Hall–Kier alpha value is -1.83. The van der Waals surface area contributed by atoms with Crippen LogP contribution < -0.4 is 11.1 Å². The van der Waals surface area contributed by atoms with Crippen LogP contribution in [0.1, 0.15) is 35.3 Å². The molecule has 114 valence electrons. The van der Waals surface area contributed by atoms with Gasteiger partial charge in [0, 0.05) is 24.3 Å². The van der Waals surface area contributed by atoms with E-state index in [2.05, 4.69) is 31.0 Å². The van der Waals surface area contributed by atoms with Crippen LogP contribution in [0.3, 0.4) is 0 Å². The Morgan fingerprint density at radius 3 is 2.81 bits per heavy atom. The molecule has 0 atom stereocenters. The van der Waals surface area contributed by atoms with Gasteiger partial charge in [-0.15, -0.1) is 0 Å². The number of nitrogens with one attached hydrogen (secondary N) is 1. The summed E-state index contributed by atoms with van der Waals surface area (Å²) in [4.78, 5) is 12.0. The predicted molar refractivity (Wildman–Crippen MR) is 85.1 cm³/mol. The zero-order valence-electron chi connectivity index (χ0n) is 13.0. The van der Waals surface area contributed by atoms with Gasteiger partial charge in [0.05, 0.1) is 13.2 Å². The van der Waals surface area contributed by atoms with Crippen LogP contribution >= 0.6 is 0 Å². The van der Waals surface area contributed by atoms with Crippen LogP contribution in [-0.2, 0) is 4.74 Å². The largest absolute Gasteiger partial charge is 0.379 e. The van der Waals surface area contributed by atoms with E-state index in [1.165, 1.54) is 0 Å². The second-order valence-corrected chi connectivity index (χ2v) is 5.26. The molecular weight excluding hydrogens is 264 g/mol. The molecule has 0 aliphatic carbocycles. The molecule has 0 unspecified atom stereocenters. The Bertz CT molecular complexity index is 527. The summed E-state index contributed by atoms with van der Waals surface area (Å²) in [6.45, 7) is 8.21. The van der Waals surface area contributed by atoms with Gasteiger partial charge in [0.25, 0.3) is 5.91 Å². The number of nitrogens with two attached hydrogens (primary N) is 1. The second-order valence-electron chi connectivity index (χ2n) is 5.26. The monoisotopic (exact) mass is 288 g/mol. The fourth-order valence-corrected chi connectivity index (χ4v) is 1.75. The van der Waals surface area contributed by atoms with Crippen molar-refractivity contribution in [2.24, 2.45) is 11.7 Å². The molecule has 3 N–H and O–H groups in total. The van der Waals surface area contributed by atoms with Crippen molar-refractivity contribution in [2.75, 3.05) is 26.3 Å². The number of amides is 1. The number of carbonyl (C=O) groups excluding carboxylic acids is 1. The molecule has 0 radical (unpaired) electrons. The van der Waals surface area contributed by atoms with Gasteiger partial charge < -0.3 is 15.8 Å². The number of benzene rings is 1. The van der Waals surface area contributed by atoms with Gasteiger partial charge in [-0.05, 0) is 36.6 Å². The van der Waals surface area contributed by atoms with E-state index >= 15 is 0 Å². The molecular formula is C17H24N2O2. The fraction of sp³-hybridized carbons (Fsp3) is 0.471. The molecule has 0 aromatic heterocycles. The molecule has 0 spiro atoms. The normalized spacial score (nSPS) is 10.1. The molecule has 0 saturated heterocycles. The maximum absolute atomic E-state index is 12.0. The van der Waals surface area contributed by atoms with Crippen LogP contribution in [0.5, 0.6) is 0 Å². The molecule has 1 aromatic rings. The van der Waals surface area contributed by atoms with Gasteiger partial charge in [-0.1, -0.05) is 25.7 Å². The van der Waals surface area contributed by atoms with Gasteiger partial charge >= 0.3 is 0 Å². The standard InChI is InChI=1S/C17H24N2O2/c1-13(2)12-21-10-9-19-17(20)16-7-6-15(5-4-8-18)14(3)11-16/h6-7,11,13H,8-10,12,18H2,1-3H3,(H,19,20). The molecule has 1 rings (SSSR count). The molecule has 0 aliphatic heterocycles. The zero-order chi connectivity index (χ0) is 15.7. The first-order chi connectivity index (χ1) is 10.0. The SMILES string of the molecule is Cc1cc(C(=O)NCCOCC(C)C)ccc1C#CCN. The molecule has 0 heterocycles. The number of hydrogen-bond acceptors (Lipinski definition) is 3. The summed E-state index contributed by atoms with van der Waals surface area (Å²) in [5.74, 6) is 6.21. The Morgan fingerprint density at radius 2 is 2.19 bits per heavy atom. The van der Waals surface area contributed by atoms with Crippen molar-refractivity contribution in [3.63, 3.8) is 0 Å². The molecule has 21 heavy (non-hydrogen) atoms. The fourth-order valence-electron chi connectivity index (χ4n) is 1.75. The molecule has 0 saturated carbocycles. The third kappa shape index (κ3) is 6.44. The lowest BCUT2D eigenvalue weighted by Crippen LogP contribution is -2.27. The van der Waals surface area contributed by atoms with Crippen molar-refractivity contribution < 1.29 is 9.53 Å². The number of hydrogen-bond donors (Lipinski definition) is 2. The van der Waals surface area contributed by atoms with Crippen molar-refractivity contribution in [3.8, 4) is 11.8 Å². The Balaban J connectivity index is 2.49. The van der Waals surface area contributed by atoms with E-state index < -0.39 is 0 Å². The van der Waals surface area contributed by atoms with Gasteiger partial charge in [0.2, 0.25) is 0 Å². The second kappa shape index (κ2) is 9.17. The summed E-state index contributed by atoms with van der Waals surface area (Å²) in [7, 11) is 0. The van der Waals surface area contributed by atoms with E-state index in [0.717, 1.165) is 11.1 Å². The summed E-state index contributed by atoms with van der Waals surface area (Å²) in [5.41, 5.74) is 7.86. The predicted octanol–water partition coefficient (Wildman–Crippen LogP) is 1.71. The zero-order valence-corrected chi connectivity index (χ0v) is 13.0. The average Bonchev–Trinajstić information content (AvgIpc) is 2.45. The highest BCUT2D eigenvalue weighted by Crippen LogP contribution is 2.10. The highest BCUT2D eigenvalue weighted by molar-refractivity contribution is 5.94. The minimum Gasteiger partial charge on any atom is -0.379 e. The molecule has 0 fully saturated rings. The lowest BCUT2D eigenvalue weighted by molar-refractivity contribution is 0.0886. The van der Waals surface area contributed by atoms with Gasteiger partial charge in [0.15, 0.2) is 0 Å². The van der Waals surface area contributed by atoms with E-state index in [0.29, 0.717) is 37.8 Å². The van der Waals surface area contributed by atoms with E-state index in [4.69, 9.17) is 10.5 Å². The summed E-state index contributed by atoms with van der Waals surface area (Å²) >= 11 is 0. The minimum absolute atomic E-state index is 0.0930. The molecule has 0 bridgehead atoms. The quantitative estimate of drug-likeness (QED) is 0.618. The van der Waals surface area contributed by atoms with Crippen LogP contribution in [0.15, 0.2) is 18.2 Å². The molecule has 4 heteroatoms. The number of ether oxygens (including phenoxy) is 1. The van der Waals surface area contributed by atoms with Gasteiger partial charge in [0.1, 0.15) is 0 Å². The number of rotatable bonds is 6. The lowest BCUT2D eigenvalue weighted by atomic mass is 10.0. The van der Waals surface area contributed by atoms with E-state index in [-0.39, 0.29) is 5.91 Å². The maximum atomic E-state index is 12.0. The van der Waals surface area contributed by atoms with E-state index in [1.54, 1.807) is 6.07 Å². The van der Waals surface area contributed by atoms with Gasteiger partial charge in [-0.25, -0.2) is 0 Å². The van der Waals surface area contributed by atoms with Crippen LogP contribution in [0.4, 0.5) is 0 Å². The van der Waals surface area contributed by atoms with Crippen molar-refractivity contribution in [1.82, 2.24) is 5.32 Å². The van der Waals surface area contributed by atoms with Gasteiger partial charge in [-0.2, -0.15) is 0 Å². The number of aryl methyl sites for hydroxylation is 1. The average molecular weight is 288 g/mol. The molecule has 4 nitrogen and oxygen atoms in total. The Labute approximate surface area is 127 Å². The first-order valence-corrected chi connectivity index (χ1v) is 7.20. The summed E-state index contributed by atoms with van der Waals surface area (Å²) in [6.07, 6.45) is 0. The third-order valence-corrected chi connectivity index (χ3v) is 2.80. The Morgan fingerprint density at radius 1 is 1.43 bits per heavy atom. The maximum Gasteiger partial charge on any atom is 0.251 e. The van der Waals surface area contributed by atoms with Gasteiger partial charge in [-0.3, -0.25) is 4.79 Å².